The predicted molar refractivity (Wildman–Crippen MR) is 212 cm³/mol. The van der Waals surface area contributed by atoms with E-state index in [1.165, 1.54) is 38.5 Å². The van der Waals surface area contributed by atoms with Gasteiger partial charge in [0.2, 0.25) is 0 Å². The maximum absolute atomic E-state index is 12.6. The van der Waals surface area contributed by atoms with Crippen molar-refractivity contribution in [3.05, 3.63) is 48.6 Å². The summed E-state index contributed by atoms with van der Waals surface area (Å²) in [4.78, 5) is 45.8. The molecule has 0 rings (SSSR count). The van der Waals surface area contributed by atoms with Crippen LogP contribution in [0.2, 0.25) is 0 Å². The van der Waals surface area contributed by atoms with Crippen molar-refractivity contribution in [2.24, 2.45) is 5.73 Å². The number of hydrogen-bond donors (Lipinski definition) is 3. The highest BCUT2D eigenvalue weighted by atomic mass is 31.2. The number of allylic oxidation sites excluding steroid dienone is 8. The van der Waals surface area contributed by atoms with E-state index in [0.29, 0.717) is 12.8 Å². The summed E-state index contributed by atoms with van der Waals surface area (Å²) in [6, 6.07) is -1.53. The van der Waals surface area contributed by atoms with Crippen LogP contribution < -0.4 is 5.73 Å². The van der Waals surface area contributed by atoms with E-state index in [9.17, 15) is 23.8 Å². The Kier molecular flexibility index (Phi) is 34.7. The quantitative estimate of drug-likeness (QED) is 0.0238. The molecule has 0 heterocycles. The number of esters is 2. The lowest BCUT2D eigenvalue weighted by atomic mass is 10.1. The number of carbonyl (C=O) groups excluding carboxylic acids is 2. The number of carbonyl (C=O) groups is 3. The van der Waals surface area contributed by atoms with Crippen molar-refractivity contribution in [2.75, 3.05) is 19.8 Å². The van der Waals surface area contributed by atoms with Gasteiger partial charge < -0.3 is 25.2 Å². The minimum Gasteiger partial charge on any atom is -0.480 e. The van der Waals surface area contributed by atoms with Gasteiger partial charge in [-0.05, 0) is 77.0 Å². The Labute approximate surface area is 320 Å². The molecule has 0 saturated carbocycles. The average Bonchev–Trinajstić information content (AvgIpc) is 3.13. The Bertz CT molecular complexity index is 1090. The van der Waals surface area contributed by atoms with Gasteiger partial charge in [0.25, 0.3) is 0 Å². The van der Waals surface area contributed by atoms with Crippen molar-refractivity contribution in [3.8, 4) is 0 Å². The molecule has 4 N–H and O–H groups in total. The third-order valence-corrected chi connectivity index (χ3v) is 9.25. The topological polar surface area (TPSA) is 172 Å². The Hall–Kier alpha value is -2.56. The van der Waals surface area contributed by atoms with E-state index in [2.05, 4.69) is 67.0 Å². The summed E-state index contributed by atoms with van der Waals surface area (Å²) in [6.45, 7) is 2.70. The highest BCUT2D eigenvalue weighted by Crippen LogP contribution is 2.43. The molecule has 1 unspecified atom stereocenters. The molecule has 12 heteroatoms. The SMILES string of the molecule is CCCCC/C=C/C/C=C/C/C=C/CCCCCCC(=O)OC[C@@H](COP(=O)(O)OC[C@@H](N)C(=O)O)OC(=O)CCCCCCC/C=C/CCCCC. The van der Waals surface area contributed by atoms with Gasteiger partial charge in [0.15, 0.2) is 6.10 Å². The number of carboxylic acid groups (broad SMARTS) is 1. The van der Waals surface area contributed by atoms with E-state index in [1.54, 1.807) is 0 Å². The summed E-state index contributed by atoms with van der Waals surface area (Å²) < 4.78 is 32.6. The summed E-state index contributed by atoms with van der Waals surface area (Å²) in [6.07, 6.45) is 38.9. The van der Waals surface area contributed by atoms with E-state index in [1.807, 2.05) is 0 Å². The first-order chi connectivity index (χ1) is 25.6. The lowest BCUT2D eigenvalue weighted by Crippen LogP contribution is -2.34. The van der Waals surface area contributed by atoms with E-state index in [0.717, 1.165) is 83.5 Å². The Morgan fingerprint density at radius 3 is 1.51 bits per heavy atom. The van der Waals surface area contributed by atoms with Gasteiger partial charge in [-0.3, -0.25) is 23.4 Å². The molecule has 53 heavy (non-hydrogen) atoms. The fourth-order valence-corrected chi connectivity index (χ4v) is 5.84. The maximum atomic E-state index is 12.6. The Morgan fingerprint density at radius 1 is 0.585 bits per heavy atom. The zero-order valence-electron chi connectivity index (χ0n) is 32.8. The second kappa shape index (κ2) is 36.4. The van der Waals surface area contributed by atoms with Crippen LogP contribution in [0.4, 0.5) is 0 Å². The molecule has 0 aliphatic carbocycles. The van der Waals surface area contributed by atoms with E-state index < -0.39 is 51.1 Å². The standard InChI is InChI=1S/C41H72NO10P/c1-3-5-7-9-11-13-15-17-18-19-20-21-23-24-26-28-30-32-39(43)49-34-37(35-50-53(47,48)51-36-38(42)41(45)46)52-40(44)33-31-29-27-25-22-16-14-12-10-8-6-4-2/h11-14,17-18,20-21,37-38H,3-10,15-16,19,22-36,42H2,1-2H3,(H,45,46)(H,47,48)/b13-11+,14-12+,18-17+,21-20+/t37-,38+/m0/s1. The van der Waals surface area contributed by atoms with Crippen molar-refractivity contribution >= 4 is 25.7 Å². The number of aliphatic carboxylic acids is 1. The van der Waals surface area contributed by atoms with Gasteiger partial charge in [-0.2, -0.15) is 0 Å². The molecule has 0 aromatic rings. The van der Waals surface area contributed by atoms with Crippen LogP contribution in [-0.4, -0.2) is 59.9 Å². The van der Waals surface area contributed by atoms with E-state index in [-0.39, 0.29) is 19.4 Å². The normalized spacial score (nSPS) is 14.3. The molecule has 3 atom stereocenters. The number of hydrogen-bond acceptors (Lipinski definition) is 9. The summed E-state index contributed by atoms with van der Waals surface area (Å²) >= 11 is 0. The second-order valence-electron chi connectivity index (χ2n) is 13.4. The molecule has 0 spiro atoms. The van der Waals surface area contributed by atoms with Gasteiger partial charge >= 0.3 is 25.7 Å². The molecular weight excluding hydrogens is 697 g/mol. The fourth-order valence-electron chi connectivity index (χ4n) is 5.06. The van der Waals surface area contributed by atoms with Crippen molar-refractivity contribution in [1.82, 2.24) is 0 Å². The molecule has 11 nitrogen and oxygen atoms in total. The highest BCUT2D eigenvalue weighted by Gasteiger charge is 2.28. The average molecular weight is 770 g/mol. The van der Waals surface area contributed by atoms with Crippen molar-refractivity contribution in [3.63, 3.8) is 0 Å². The number of carboxylic acids is 1. The van der Waals surface area contributed by atoms with E-state index >= 15 is 0 Å². The number of rotatable bonds is 37. The van der Waals surface area contributed by atoms with E-state index in [4.69, 9.17) is 24.8 Å². The summed E-state index contributed by atoms with van der Waals surface area (Å²) in [7, 11) is -4.72. The molecule has 0 aliphatic rings. The highest BCUT2D eigenvalue weighted by molar-refractivity contribution is 7.47. The summed E-state index contributed by atoms with van der Waals surface area (Å²) in [5.74, 6) is -2.42. The van der Waals surface area contributed by atoms with Crippen molar-refractivity contribution < 1.29 is 47.5 Å². The van der Waals surface area contributed by atoms with Crippen LogP contribution in [0.5, 0.6) is 0 Å². The Morgan fingerprint density at radius 2 is 1.00 bits per heavy atom. The third-order valence-electron chi connectivity index (χ3n) is 8.30. The molecule has 0 radical (unpaired) electrons. The molecule has 0 bridgehead atoms. The molecule has 0 amide bonds. The molecule has 0 fully saturated rings. The zero-order valence-corrected chi connectivity index (χ0v) is 33.7. The van der Waals surface area contributed by atoms with Crippen LogP contribution in [0.3, 0.4) is 0 Å². The van der Waals surface area contributed by atoms with Crippen LogP contribution >= 0.6 is 7.82 Å². The molecule has 0 aromatic carbocycles. The first kappa shape index (κ1) is 50.4. The lowest BCUT2D eigenvalue weighted by Gasteiger charge is -2.20. The smallest absolute Gasteiger partial charge is 0.472 e. The predicted octanol–water partition coefficient (Wildman–Crippen LogP) is 10.2. The van der Waals surface area contributed by atoms with Crippen LogP contribution in [0.1, 0.15) is 162 Å². The van der Waals surface area contributed by atoms with Gasteiger partial charge in [0.1, 0.15) is 12.6 Å². The number of phosphoric ester groups is 1. The third kappa shape index (κ3) is 36.2. The molecule has 306 valence electrons. The summed E-state index contributed by atoms with van der Waals surface area (Å²) in [5, 5.41) is 8.86. The number of nitrogens with two attached hydrogens (primary N) is 1. The number of ether oxygens (including phenoxy) is 2. The van der Waals surface area contributed by atoms with Crippen LogP contribution in [0.25, 0.3) is 0 Å². The number of unbranched alkanes of at least 4 members (excludes halogenated alkanes) is 15. The molecule has 0 aliphatic heterocycles. The molecule has 0 aromatic heterocycles. The Balaban J connectivity index is 4.45. The van der Waals surface area contributed by atoms with Gasteiger partial charge in [0, 0.05) is 12.8 Å². The van der Waals surface area contributed by atoms with Crippen molar-refractivity contribution in [1.29, 1.82) is 0 Å². The van der Waals surface area contributed by atoms with Crippen LogP contribution in [0.15, 0.2) is 48.6 Å². The van der Waals surface area contributed by atoms with Gasteiger partial charge in [0.05, 0.1) is 13.2 Å². The summed E-state index contributed by atoms with van der Waals surface area (Å²) in [5.41, 5.74) is 5.32. The van der Waals surface area contributed by atoms with Crippen LogP contribution in [0, 0.1) is 0 Å². The maximum Gasteiger partial charge on any atom is 0.472 e. The zero-order chi connectivity index (χ0) is 39.3. The molecular formula is C41H72NO10P. The van der Waals surface area contributed by atoms with Gasteiger partial charge in [-0.15, -0.1) is 0 Å². The monoisotopic (exact) mass is 769 g/mol. The van der Waals surface area contributed by atoms with Crippen LogP contribution in [-0.2, 0) is 37.5 Å². The number of phosphoric acid groups is 1. The van der Waals surface area contributed by atoms with Crippen molar-refractivity contribution in [2.45, 2.75) is 174 Å². The minimum atomic E-state index is -4.72. The second-order valence-corrected chi connectivity index (χ2v) is 14.9. The van der Waals surface area contributed by atoms with Gasteiger partial charge in [-0.1, -0.05) is 120 Å². The first-order valence-corrected chi connectivity index (χ1v) is 21.7. The largest absolute Gasteiger partial charge is 0.480 e. The molecule has 0 saturated heterocycles. The fraction of sp³-hybridized carbons (Fsp3) is 0.732. The lowest BCUT2D eigenvalue weighted by molar-refractivity contribution is -0.161. The minimum absolute atomic E-state index is 0.144. The van der Waals surface area contributed by atoms with Gasteiger partial charge in [-0.25, -0.2) is 4.57 Å². The first-order valence-electron chi connectivity index (χ1n) is 20.2.